The molecule has 0 aromatic carbocycles. The van der Waals surface area contributed by atoms with Gasteiger partial charge in [0, 0.05) is 25.2 Å². The molecule has 1 fully saturated rings. The van der Waals surface area contributed by atoms with Crippen molar-refractivity contribution in [1.82, 2.24) is 0 Å². The summed E-state index contributed by atoms with van der Waals surface area (Å²) in [6.45, 7) is 2.81. The van der Waals surface area contributed by atoms with Crippen molar-refractivity contribution in [3.8, 4) is 0 Å². The molecule has 0 bridgehead atoms. The van der Waals surface area contributed by atoms with E-state index in [9.17, 15) is 0 Å². The molecule has 4 heteroatoms. The van der Waals surface area contributed by atoms with Crippen LogP contribution in [0, 0.1) is 0 Å². The van der Waals surface area contributed by atoms with Crippen molar-refractivity contribution in [3.05, 3.63) is 0 Å². The van der Waals surface area contributed by atoms with E-state index in [1.807, 2.05) is 28.5 Å². The minimum atomic E-state index is 0.293. The van der Waals surface area contributed by atoms with E-state index in [1.165, 1.54) is 0 Å². The SMILES string of the molecule is CCOC1CSSCC1OC. The summed E-state index contributed by atoms with van der Waals surface area (Å²) in [5.74, 6) is 2.10. The van der Waals surface area contributed by atoms with Crippen LogP contribution in [0.1, 0.15) is 6.92 Å². The highest BCUT2D eigenvalue weighted by Gasteiger charge is 2.25. The molecule has 1 rings (SSSR count). The van der Waals surface area contributed by atoms with Gasteiger partial charge in [-0.2, -0.15) is 0 Å². The minimum Gasteiger partial charge on any atom is -0.378 e. The Balaban J connectivity index is 2.31. The first-order chi connectivity index (χ1) is 5.38. The number of hydrogen-bond donors (Lipinski definition) is 0. The molecular weight excluding hydrogens is 180 g/mol. The van der Waals surface area contributed by atoms with Crippen LogP contribution in [-0.2, 0) is 9.47 Å². The maximum absolute atomic E-state index is 5.53. The van der Waals surface area contributed by atoms with Crippen molar-refractivity contribution < 1.29 is 9.47 Å². The van der Waals surface area contributed by atoms with Crippen LogP contribution in [0.3, 0.4) is 0 Å². The summed E-state index contributed by atoms with van der Waals surface area (Å²) in [4.78, 5) is 0. The second kappa shape index (κ2) is 5.30. The summed E-state index contributed by atoms with van der Waals surface area (Å²) < 4.78 is 10.8. The first-order valence-electron chi connectivity index (χ1n) is 3.77. The number of hydrogen-bond acceptors (Lipinski definition) is 4. The summed E-state index contributed by atoms with van der Waals surface area (Å²) in [5, 5.41) is 0. The smallest absolute Gasteiger partial charge is 0.0943 e. The molecule has 0 aromatic heterocycles. The van der Waals surface area contributed by atoms with Crippen LogP contribution in [0.5, 0.6) is 0 Å². The first kappa shape index (κ1) is 9.71. The number of rotatable bonds is 3. The molecule has 0 amide bonds. The van der Waals surface area contributed by atoms with E-state index in [2.05, 4.69) is 0 Å². The van der Waals surface area contributed by atoms with Crippen LogP contribution in [-0.4, -0.2) is 37.4 Å². The summed E-state index contributed by atoms with van der Waals surface area (Å²) >= 11 is 0. The fourth-order valence-electron chi connectivity index (χ4n) is 1.03. The molecule has 2 nitrogen and oxygen atoms in total. The summed E-state index contributed by atoms with van der Waals surface area (Å²) in [7, 11) is 5.50. The predicted octanol–water partition coefficient (Wildman–Crippen LogP) is 1.80. The third-order valence-electron chi connectivity index (χ3n) is 1.65. The topological polar surface area (TPSA) is 18.5 Å². The molecule has 0 N–H and O–H groups in total. The van der Waals surface area contributed by atoms with Gasteiger partial charge >= 0.3 is 0 Å². The van der Waals surface area contributed by atoms with Crippen LogP contribution in [0.4, 0.5) is 0 Å². The van der Waals surface area contributed by atoms with E-state index >= 15 is 0 Å². The van der Waals surface area contributed by atoms with Gasteiger partial charge in [-0.05, 0) is 6.92 Å². The number of ether oxygens (including phenoxy) is 2. The fourth-order valence-corrected chi connectivity index (χ4v) is 3.54. The van der Waals surface area contributed by atoms with Gasteiger partial charge in [0.1, 0.15) is 0 Å². The minimum absolute atomic E-state index is 0.293. The van der Waals surface area contributed by atoms with Crippen molar-refractivity contribution in [3.63, 3.8) is 0 Å². The Morgan fingerprint density at radius 1 is 1.27 bits per heavy atom. The lowest BCUT2D eigenvalue weighted by atomic mass is 10.2. The molecule has 0 aliphatic carbocycles. The Morgan fingerprint density at radius 3 is 2.45 bits per heavy atom. The van der Waals surface area contributed by atoms with Crippen molar-refractivity contribution >= 4 is 21.6 Å². The fraction of sp³-hybridized carbons (Fsp3) is 1.00. The maximum Gasteiger partial charge on any atom is 0.0943 e. The predicted molar refractivity (Wildman–Crippen MR) is 51.1 cm³/mol. The lowest BCUT2D eigenvalue weighted by Gasteiger charge is -2.28. The average Bonchev–Trinajstić information content (AvgIpc) is 2.06. The van der Waals surface area contributed by atoms with Gasteiger partial charge in [0.25, 0.3) is 0 Å². The highest BCUT2D eigenvalue weighted by atomic mass is 33.1. The molecule has 11 heavy (non-hydrogen) atoms. The third-order valence-corrected chi connectivity index (χ3v) is 4.06. The van der Waals surface area contributed by atoms with E-state index in [-0.39, 0.29) is 0 Å². The quantitative estimate of drug-likeness (QED) is 0.637. The second-order valence-corrected chi connectivity index (χ2v) is 4.89. The Kier molecular flexibility index (Phi) is 4.67. The van der Waals surface area contributed by atoms with Gasteiger partial charge in [-0.15, -0.1) is 0 Å². The second-order valence-electron chi connectivity index (χ2n) is 2.34. The van der Waals surface area contributed by atoms with Crippen LogP contribution < -0.4 is 0 Å². The zero-order valence-electron chi connectivity index (χ0n) is 6.91. The summed E-state index contributed by atoms with van der Waals surface area (Å²) in [6, 6.07) is 0. The van der Waals surface area contributed by atoms with Gasteiger partial charge in [0.2, 0.25) is 0 Å². The van der Waals surface area contributed by atoms with Gasteiger partial charge in [0.15, 0.2) is 0 Å². The van der Waals surface area contributed by atoms with Crippen LogP contribution in [0.25, 0.3) is 0 Å². The Morgan fingerprint density at radius 2 is 1.91 bits per heavy atom. The highest BCUT2D eigenvalue weighted by molar-refractivity contribution is 8.76. The molecule has 0 radical (unpaired) electrons. The van der Waals surface area contributed by atoms with E-state index in [1.54, 1.807) is 7.11 Å². The van der Waals surface area contributed by atoms with Gasteiger partial charge in [-0.1, -0.05) is 21.6 Å². The van der Waals surface area contributed by atoms with Gasteiger partial charge < -0.3 is 9.47 Å². The van der Waals surface area contributed by atoms with Gasteiger partial charge in [-0.25, -0.2) is 0 Å². The standard InChI is InChI=1S/C7H14O2S2/c1-3-9-7-5-11-10-4-6(7)8-2/h6-7H,3-5H2,1-2H3. The van der Waals surface area contributed by atoms with Crippen LogP contribution in [0.2, 0.25) is 0 Å². The Bertz CT molecular complexity index is 109. The molecular formula is C7H14O2S2. The zero-order chi connectivity index (χ0) is 8.10. The third kappa shape index (κ3) is 2.86. The van der Waals surface area contributed by atoms with E-state index < -0.39 is 0 Å². The molecule has 2 unspecified atom stereocenters. The molecule has 1 saturated heterocycles. The van der Waals surface area contributed by atoms with E-state index in [0.717, 1.165) is 18.1 Å². The first-order valence-corrected chi connectivity index (χ1v) is 6.26. The lowest BCUT2D eigenvalue weighted by molar-refractivity contribution is -0.0292. The number of methoxy groups -OCH3 is 1. The molecule has 0 spiro atoms. The molecule has 2 atom stereocenters. The zero-order valence-corrected chi connectivity index (χ0v) is 8.54. The Hall–Kier alpha value is 0.620. The lowest BCUT2D eigenvalue weighted by Crippen LogP contribution is -2.37. The highest BCUT2D eigenvalue weighted by Crippen LogP contribution is 2.31. The molecule has 0 saturated carbocycles. The van der Waals surface area contributed by atoms with Gasteiger partial charge in [-0.3, -0.25) is 0 Å². The summed E-state index contributed by atoms with van der Waals surface area (Å²) in [6.07, 6.45) is 0.595. The maximum atomic E-state index is 5.53. The van der Waals surface area contributed by atoms with Crippen LogP contribution in [0.15, 0.2) is 0 Å². The van der Waals surface area contributed by atoms with Gasteiger partial charge in [0.05, 0.1) is 12.2 Å². The van der Waals surface area contributed by atoms with Crippen molar-refractivity contribution in [2.45, 2.75) is 19.1 Å². The van der Waals surface area contributed by atoms with Crippen molar-refractivity contribution in [1.29, 1.82) is 0 Å². The normalized spacial score (nSPS) is 32.2. The molecule has 0 aromatic rings. The summed E-state index contributed by atoms with van der Waals surface area (Å²) in [5.41, 5.74) is 0. The molecule has 1 aliphatic heterocycles. The average molecular weight is 194 g/mol. The van der Waals surface area contributed by atoms with Crippen molar-refractivity contribution in [2.75, 3.05) is 25.2 Å². The molecule has 66 valence electrons. The van der Waals surface area contributed by atoms with E-state index in [4.69, 9.17) is 9.47 Å². The van der Waals surface area contributed by atoms with Crippen LogP contribution >= 0.6 is 21.6 Å². The van der Waals surface area contributed by atoms with E-state index in [0.29, 0.717) is 12.2 Å². The molecule has 1 heterocycles. The Labute approximate surface area is 75.8 Å². The van der Waals surface area contributed by atoms with Crippen molar-refractivity contribution in [2.24, 2.45) is 0 Å². The monoisotopic (exact) mass is 194 g/mol. The molecule has 1 aliphatic rings. The largest absolute Gasteiger partial charge is 0.378 e.